The molecule has 3 aromatic rings. The van der Waals surface area contributed by atoms with Crippen molar-refractivity contribution in [1.82, 2.24) is 4.57 Å². The van der Waals surface area contributed by atoms with Crippen LogP contribution >= 0.6 is 23.2 Å². The van der Waals surface area contributed by atoms with Gasteiger partial charge in [0, 0.05) is 22.1 Å². The molecule has 0 bridgehead atoms. The van der Waals surface area contributed by atoms with Crippen molar-refractivity contribution in [2.45, 2.75) is 13.8 Å². The molecule has 1 amide bonds. The lowest BCUT2D eigenvalue weighted by Gasteiger charge is -2.12. The quantitative estimate of drug-likeness (QED) is 0.385. The van der Waals surface area contributed by atoms with Gasteiger partial charge in [-0.05, 0) is 68.0 Å². The van der Waals surface area contributed by atoms with Crippen molar-refractivity contribution in [2.24, 2.45) is 0 Å². The summed E-state index contributed by atoms with van der Waals surface area (Å²) >= 11 is 12.3. The number of halogens is 2. The standard InChI is InChI=1S/C23H17Cl2N3O3/c1-13-8-16(14(2)28(13)21-7-6-18(24)11-20(21)25)9-17(12-26)22(29)27-19-5-3-4-15(10-19)23(30)31/h3-11H,1-2H3,(H,27,29)(H,30,31)/b17-9-. The summed E-state index contributed by atoms with van der Waals surface area (Å²) in [4.78, 5) is 23.7. The zero-order valence-electron chi connectivity index (χ0n) is 16.6. The van der Waals surface area contributed by atoms with Crippen molar-refractivity contribution in [3.8, 4) is 11.8 Å². The van der Waals surface area contributed by atoms with Crippen LogP contribution < -0.4 is 5.32 Å². The van der Waals surface area contributed by atoms with Crippen LogP contribution in [0.2, 0.25) is 10.0 Å². The number of anilines is 1. The number of nitrogens with one attached hydrogen (secondary N) is 1. The van der Waals surface area contributed by atoms with E-state index < -0.39 is 11.9 Å². The van der Waals surface area contributed by atoms with Crippen LogP contribution in [0.15, 0.2) is 54.1 Å². The highest BCUT2D eigenvalue weighted by Gasteiger charge is 2.16. The second-order valence-electron chi connectivity index (χ2n) is 6.77. The highest BCUT2D eigenvalue weighted by atomic mass is 35.5. The lowest BCUT2D eigenvalue weighted by Crippen LogP contribution is -2.14. The van der Waals surface area contributed by atoms with E-state index in [4.69, 9.17) is 28.3 Å². The summed E-state index contributed by atoms with van der Waals surface area (Å²) in [5.74, 6) is -1.75. The predicted molar refractivity (Wildman–Crippen MR) is 121 cm³/mol. The minimum absolute atomic E-state index is 0.0312. The summed E-state index contributed by atoms with van der Waals surface area (Å²) < 4.78 is 1.91. The number of carbonyl (C=O) groups is 2. The second-order valence-corrected chi connectivity index (χ2v) is 7.61. The Hall–Kier alpha value is -3.53. The summed E-state index contributed by atoms with van der Waals surface area (Å²) in [5.41, 5.74) is 3.25. The lowest BCUT2D eigenvalue weighted by atomic mass is 10.1. The number of carboxylic acids is 1. The third-order valence-corrected chi connectivity index (χ3v) is 5.19. The Morgan fingerprint density at radius 1 is 1.13 bits per heavy atom. The van der Waals surface area contributed by atoms with E-state index in [1.165, 1.54) is 24.3 Å². The number of hydrogen-bond donors (Lipinski definition) is 2. The largest absolute Gasteiger partial charge is 0.478 e. The molecule has 3 rings (SSSR count). The number of aromatic carboxylic acids is 1. The highest BCUT2D eigenvalue weighted by Crippen LogP contribution is 2.29. The Morgan fingerprint density at radius 2 is 1.87 bits per heavy atom. The average Bonchev–Trinajstić information content (AvgIpc) is 2.99. The molecular weight excluding hydrogens is 437 g/mol. The monoisotopic (exact) mass is 453 g/mol. The molecule has 2 N–H and O–H groups in total. The lowest BCUT2D eigenvalue weighted by molar-refractivity contribution is -0.112. The van der Waals surface area contributed by atoms with Crippen LogP contribution in [0.3, 0.4) is 0 Å². The minimum atomic E-state index is -1.11. The minimum Gasteiger partial charge on any atom is -0.478 e. The number of carbonyl (C=O) groups excluding carboxylic acids is 1. The van der Waals surface area contributed by atoms with E-state index in [1.807, 2.05) is 30.6 Å². The zero-order valence-corrected chi connectivity index (χ0v) is 18.1. The fourth-order valence-electron chi connectivity index (χ4n) is 3.20. The van der Waals surface area contributed by atoms with Gasteiger partial charge in [0.1, 0.15) is 11.6 Å². The average molecular weight is 454 g/mol. The Balaban J connectivity index is 1.94. The van der Waals surface area contributed by atoms with E-state index >= 15 is 0 Å². The molecular formula is C23H17Cl2N3O3. The molecule has 0 aliphatic heterocycles. The SMILES string of the molecule is Cc1cc(/C=C(/C#N)C(=O)Nc2cccc(C(=O)O)c2)c(C)n1-c1ccc(Cl)cc1Cl. The predicted octanol–water partition coefficient (Wildman–Crippen LogP) is 5.64. The smallest absolute Gasteiger partial charge is 0.335 e. The number of hydrogen-bond acceptors (Lipinski definition) is 3. The number of nitriles is 1. The number of aryl methyl sites for hydroxylation is 1. The van der Waals surface area contributed by atoms with E-state index in [1.54, 1.807) is 24.3 Å². The van der Waals surface area contributed by atoms with Crippen molar-refractivity contribution in [3.63, 3.8) is 0 Å². The zero-order chi connectivity index (χ0) is 22.7. The van der Waals surface area contributed by atoms with E-state index in [2.05, 4.69) is 5.32 Å². The number of carboxylic acid groups (broad SMARTS) is 1. The van der Waals surface area contributed by atoms with Gasteiger partial charge in [-0.25, -0.2) is 4.79 Å². The van der Waals surface area contributed by atoms with Crippen LogP contribution in [0.5, 0.6) is 0 Å². The van der Waals surface area contributed by atoms with Gasteiger partial charge in [0.05, 0.1) is 16.3 Å². The van der Waals surface area contributed by atoms with Crippen molar-refractivity contribution >= 4 is 46.8 Å². The maximum Gasteiger partial charge on any atom is 0.335 e. The Morgan fingerprint density at radius 3 is 2.52 bits per heavy atom. The molecule has 0 aliphatic carbocycles. The van der Waals surface area contributed by atoms with Gasteiger partial charge < -0.3 is 15.0 Å². The summed E-state index contributed by atoms with van der Waals surface area (Å²) in [5, 5.41) is 22.2. The van der Waals surface area contributed by atoms with Crippen LogP contribution in [0.1, 0.15) is 27.3 Å². The van der Waals surface area contributed by atoms with Crippen LogP contribution in [0.4, 0.5) is 5.69 Å². The fourth-order valence-corrected chi connectivity index (χ4v) is 3.69. The molecule has 1 aromatic heterocycles. The van der Waals surface area contributed by atoms with Gasteiger partial charge in [0.25, 0.3) is 5.91 Å². The Labute approximate surface area is 188 Å². The first kappa shape index (κ1) is 22.2. The number of amides is 1. The molecule has 0 spiro atoms. The topological polar surface area (TPSA) is 95.1 Å². The van der Waals surface area contributed by atoms with Crippen LogP contribution in [-0.2, 0) is 4.79 Å². The number of nitrogens with zero attached hydrogens (tertiary/aromatic N) is 2. The molecule has 31 heavy (non-hydrogen) atoms. The molecule has 0 saturated carbocycles. The number of aromatic nitrogens is 1. The number of benzene rings is 2. The van der Waals surface area contributed by atoms with Crippen molar-refractivity contribution < 1.29 is 14.7 Å². The molecule has 2 aromatic carbocycles. The second kappa shape index (κ2) is 9.09. The van der Waals surface area contributed by atoms with E-state index in [0.717, 1.165) is 17.1 Å². The van der Waals surface area contributed by atoms with E-state index in [9.17, 15) is 14.9 Å². The summed E-state index contributed by atoms with van der Waals surface area (Å²) in [6, 6.07) is 14.7. The third-order valence-electron chi connectivity index (χ3n) is 4.65. The van der Waals surface area contributed by atoms with Gasteiger partial charge in [-0.1, -0.05) is 29.3 Å². The molecule has 0 aliphatic rings. The molecule has 0 atom stereocenters. The van der Waals surface area contributed by atoms with E-state index in [-0.39, 0.29) is 16.8 Å². The molecule has 0 fully saturated rings. The first-order chi connectivity index (χ1) is 14.7. The van der Waals surface area contributed by atoms with E-state index in [0.29, 0.717) is 15.6 Å². The summed E-state index contributed by atoms with van der Waals surface area (Å²) in [7, 11) is 0. The van der Waals surface area contributed by atoms with Crippen LogP contribution in [-0.4, -0.2) is 21.6 Å². The van der Waals surface area contributed by atoms with Crippen LogP contribution in [0.25, 0.3) is 11.8 Å². The molecule has 6 nitrogen and oxygen atoms in total. The van der Waals surface area contributed by atoms with Gasteiger partial charge >= 0.3 is 5.97 Å². The van der Waals surface area contributed by atoms with Crippen molar-refractivity contribution in [2.75, 3.05) is 5.32 Å². The van der Waals surface area contributed by atoms with Gasteiger partial charge in [-0.15, -0.1) is 0 Å². The number of rotatable bonds is 5. The van der Waals surface area contributed by atoms with Crippen molar-refractivity contribution in [1.29, 1.82) is 5.26 Å². The maximum absolute atomic E-state index is 12.6. The first-order valence-electron chi connectivity index (χ1n) is 9.12. The highest BCUT2D eigenvalue weighted by molar-refractivity contribution is 6.35. The Kier molecular flexibility index (Phi) is 6.50. The maximum atomic E-state index is 12.6. The third kappa shape index (κ3) is 4.80. The Bertz CT molecular complexity index is 1270. The van der Waals surface area contributed by atoms with Gasteiger partial charge in [0.15, 0.2) is 0 Å². The van der Waals surface area contributed by atoms with Crippen LogP contribution in [0, 0.1) is 25.2 Å². The molecule has 1 heterocycles. The molecule has 0 unspecified atom stereocenters. The fraction of sp³-hybridized carbons (Fsp3) is 0.0870. The first-order valence-corrected chi connectivity index (χ1v) is 9.87. The molecule has 0 radical (unpaired) electrons. The molecule has 156 valence electrons. The van der Waals surface area contributed by atoms with Gasteiger partial charge in [-0.3, -0.25) is 4.79 Å². The normalized spacial score (nSPS) is 11.1. The van der Waals surface area contributed by atoms with Gasteiger partial charge in [-0.2, -0.15) is 5.26 Å². The van der Waals surface area contributed by atoms with Crippen molar-refractivity contribution in [3.05, 3.63) is 86.7 Å². The summed E-state index contributed by atoms with van der Waals surface area (Å²) in [6.07, 6.45) is 1.49. The molecule has 0 saturated heterocycles. The van der Waals surface area contributed by atoms with Gasteiger partial charge in [0.2, 0.25) is 0 Å². The summed E-state index contributed by atoms with van der Waals surface area (Å²) in [6.45, 7) is 3.74. The molecule has 8 heteroatoms.